The van der Waals surface area contributed by atoms with Gasteiger partial charge in [-0.3, -0.25) is 4.79 Å². The number of aryl methyl sites for hydroxylation is 2. The van der Waals surface area contributed by atoms with Gasteiger partial charge >= 0.3 is 5.97 Å². The van der Waals surface area contributed by atoms with Crippen LogP contribution in [0.15, 0.2) is 23.3 Å². The van der Waals surface area contributed by atoms with Crippen LogP contribution in [0.25, 0.3) is 10.4 Å². The van der Waals surface area contributed by atoms with Crippen LogP contribution in [-0.2, 0) is 9.53 Å². The van der Waals surface area contributed by atoms with E-state index in [1.54, 1.807) is 0 Å². The molecule has 4 saturated carbocycles. The molecule has 0 heterocycles. The summed E-state index contributed by atoms with van der Waals surface area (Å²) in [6.07, 6.45) is 9.42. The van der Waals surface area contributed by atoms with Crippen molar-refractivity contribution in [1.82, 2.24) is 0 Å². The van der Waals surface area contributed by atoms with Crippen LogP contribution >= 0.6 is 0 Å². The Bertz CT molecular complexity index is 1190. The number of carbonyl (C=O) groups is 2. The minimum atomic E-state index is -0.418. The Morgan fingerprint density at radius 2 is 1.76 bits per heavy atom. The van der Waals surface area contributed by atoms with E-state index >= 15 is 0 Å². The molecule has 0 spiro atoms. The standard InChI is InChI=1S/C34H49N3O4/c1-20(9-10-25(38)19-41-32(40)30-21(2)7-6-8-22(30)3)26-11-12-27-31-28(14-16-34(26,27)5)33(4)15-13-24(36-37-35)17-23(33)18-29(31)39/h6-8,20,23-24,26-29,31,39H,9-19H2,1-5H3/t20-,23+,24?,26-,27+,28+,29-,31+,33+,34-/m1/s1. The quantitative estimate of drug-likeness (QED) is 0.151. The van der Waals surface area contributed by atoms with Gasteiger partial charge in [-0.2, -0.15) is 0 Å². The number of hydrogen-bond donors (Lipinski definition) is 1. The Labute approximate surface area is 245 Å². The number of benzene rings is 1. The predicted molar refractivity (Wildman–Crippen MR) is 159 cm³/mol. The lowest BCUT2D eigenvalue weighted by atomic mass is 9.43. The number of ketones is 1. The molecule has 1 aromatic rings. The first kappa shape index (κ1) is 30.1. The highest BCUT2D eigenvalue weighted by Gasteiger charge is 2.62. The number of aliphatic hydroxyl groups excluding tert-OH is 1. The molecule has 7 heteroatoms. The number of aliphatic hydroxyl groups is 1. The lowest BCUT2D eigenvalue weighted by Gasteiger charge is -2.62. The van der Waals surface area contributed by atoms with Crippen molar-refractivity contribution in [3.8, 4) is 0 Å². The fraction of sp³-hybridized carbons (Fsp3) is 0.765. The molecule has 41 heavy (non-hydrogen) atoms. The summed E-state index contributed by atoms with van der Waals surface area (Å²) in [4.78, 5) is 28.5. The molecule has 224 valence electrons. The number of fused-ring (bicyclic) bond motifs is 5. The van der Waals surface area contributed by atoms with Crippen LogP contribution in [0, 0.1) is 60.2 Å². The molecular formula is C34H49N3O4. The van der Waals surface area contributed by atoms with E-state index in [1.807, 2.05) is 32.0 Å². The number of esters is 1. The van der Waals surface area contributed by atoms with Crippen LogP contribution in [0.2, 0.25) is 0 Å². The second-order valence-electron chi connectivity index (χ2n) is 14.6. The molecule has 0 aromatic heterocycles. The summed E-state index contributed by atoms with van der Waals surface area (Å²) in [6.45, 7) is 10.8. The fourth-order valence-electron chi connectivity index (χ4n) is 10.4. The topological polar surface area (TPSA) is 112 Å². The minimum absolute atomic E-state index is 0.0159. The highest BCUT2D eigenvalue weighted by atomic mass is 16.5. The van der Waals surface area contributed by atoms with Crippen LogP contribution in [-0.4, -0.2) is 35.6 Å². The minimum Gasteiger partial charge on any atom is -0.454 e. The molecule has 1 aromatic carbocycles. The zero-order valence-electron chi connectivity index (χ0n) is 25.6. The lowest BCUT2D eigenvalue weighted by molar-refractivity contribution is -0.166. The fourth-order valence-corrected chi connectivity index (χ4v) is 10.4. The smallest absolute Gasteiger partial charge is 0.339 e. The summed E-state index contributed by atoms with van der Waals surface area (Å²) in [7, 11) is 0. The third-order valence-electron chi connectivity index (χ3n) is 12.6. The molecule has 1 unspecified atom stereocenters. The molecule has 1 N–H and O–H groups in total. The second-order valence-corrected chi connectivity index (χ2v) is 14.6. The van der Waals surface area contributed by atoms with Crippen molar-refractivity contribution >= 4 is 11.8 Å². The van der Waals surface area contributed by atoms with Gasteiger partial charge < -0.3 is 9.84 Å². The van der Waals surface area contributed by atoms with E-state index in [1.165, 1.54) is 6.42 Å². The molecule has 4 fully saturated rings. The maximum Gasteiger partial charge on any atom is 0.339 e. The zero-order chi connectivity index (χ0) is 29.5. The van der Waals surface area contributed by atoms with E-state index in [0.717, 1.165) is 62.5 Å². The first-order valence-electron chi connectivity index (χ1n) is 16.0. The number of rotatable bonds is 8. The van der Waals surface area contributed by atoms with Gasteiger partial charge in [-0.25, -0.2) is 4.79 Å². The van der Waals surface area contributed by atoms with Crippen LogP contribution in [0.5, 0.6) is 0 Å². The molecule has 0 radical (unpaired) electrons. The normalized spacial score (nSPS) is 38.5. The summed E-state index contributed by atoms with van der Waals surface area (Å²) in [5.41, 5.74) is 11.7. The molecule has 10 atom stereocenters. The Balaban J connectivity index is 1.18. The first-order valence-corrected chi connectivity index (χ1v) is 16.0. The zero-order valence-corrected chi connectivity index (χ0v) is 25.6. The van der Waals surface area contributed by atoms with Gasteiger partial charge in [-0.1, -0.05) is 44.1 Å². The van der Waals surface area contributed by atoms with E-state index in [2.05, 4.69) is 30.8 Å². The van der Waals surface area contributed by atoms with Crippen LogP contribution in [0.3, 0.4) is 0 Å². The highest BCUT2D eigenvalue weighted by Crippen LogP contribution is 2.68. The number of hydrogen-bond acceptors (Lipinski definition) is 5. The van der Waals surface area contributed by atoms with Gasteiger partial charge in [0.15, 0.2) is 5.78 Å². The van der Waals surface area contributed by atoms with Crippen molar-refractivity contribution in [2.45, 2.75) is 111 Å². The van der Waals surface area contributed by atoms with Crippen LogP contribution in [0.4, 0.5) is 0 Å². The van der Waals surface area contributed by atoms with E-state index in [9.17, 15) is 14.7 Å². The van der Waals surface area contributed by atoms with E-state index in [0.29, 0.717) is 47.5 Å². The van der Waals surface area contributed by atoms with Crippen molar-refractivity contribution in [2.75, 3.05) is 6.61 Å². The number of ether oxygens (including phenoxy) is 1. The Morgan fingerprint density at radius 1 is 1.07 bits per heavy atom. The molecule has 4 aliphatic rings. The van der Waals surface area contributed by atoms with Gasteiger partial charge in [0, 0.05) is 17.4 Å². The van der Waals surface area contributed by atoms with Gasteiger partial charge in [0.25, 0.3) is 0 Å². The summed E-state index contributed by atoms with van der Waals surface area (Å²) in [6, 6.07) is 5.76. The SMILES string of the molecule is Cc1cccc(C)c1C(=O)OCC(=O)CC[C@@H](C)[C@H]1CC[C@H]2[C@@H]3[C@H](O)C[C@@H]4CC(N=[N+]=[N-])CC[C@]4(C)[C@H]3CC[C@]12C. The molecular weight excluding hydrogens is 514 g/mol. The Kier molecular flexibility index (Phi) is 8.61. The molecule has 0 saturated heterocycles. The van der Waals surface area contributed by atoms with Gasteiger partial charge in [0.1, 0.15) is 6.61 Å². The lowest BCUT2D eigenvalue weighted by Crippen LogP contribution is -2.58. The summed E-state index contributed by atoms with van der Waals surface area (Å²) < 4.78 is 5.42. The Morgan fingerprint density at radius 3 is 2.46 bits per heavy atom. The number of nitrogens with zero attached hydrogens (tertiary/aromatic N) is 3. The van der Waals surface area contributed by atoms with E-state index < -0.39 is 5.97 Å². The Hall–Kier alpha value is -2.37. The van der Waals surface area contributed by atoms with Crippen LogP contribution in [0.1, 0.15) is 106 Å². The van der Waals surface area contributed by atoms with Crippen molar-refractivity contribution in [1.29, 1.82) is 0 Å². The predicted octanol–water partition coefficient (Wildman–Crippen LogP) is 7.75. The van der Waals surface area contributed by atoms with Crippen molar-refractivity contribution < 1.29 is 19.4 Å². The maximum absolute atomic E-state index is 12.8. The molecule has 4 aliphatic carbocycles. The van der Waals surface area contributed by atoms with Crippen molar-refractivity contribution in [2.24, 2.45) is 51.5 Å². The first-order chi connectivity index (χ1) is 19.5. The average Bonchev–Trinajstić information content (AvgIpc) is 3.28. The summed E-state index contributed by atoms with van der Waals surface area (Å²) in [5.74, 6) is 2.33. The van der Waals surface area contributed by atoms with Crippen LogP contribution < -0.4 is 0 Å². The van der Waals surface area contributed by atoms with Gasteiger partial charge in [-0.15, -0.1) is 0 Å². The molecule has 0 aliphatic heterocycles. The second kappa shape index (κ2) is 11.7. The largest absolute Gasteiger partial charge is 0.454 e. The van der Waals surface area contributed by atoms with Crippen molar-refractivity contribution in [3.63, 3.8) is 0 Å². The summed E-state index contributed by atoms with van der Waals surface area (Å²) in [5, 5.41) is 15.6. The maximum atomic E-state index is 12.8. The number of azide groups is 1. The summed E-state index contributed by atoms with van der Waals surface area (Å²) >= 11 is 0. The van der Waals surface area contributed by atoms with Gasteiger partial charge in [-0.05, 0) is 135 Å². The monoisotopic (exact) mass is 563 g/mol. The number of carbonyl (C=O) groups excluding carboxylic acids is 2. The molecule has 0 bridgehead atoms. The molecule has 5 rings (SSSR count). The molecule has 7 nitrogen and oxygen atoms in total. The van der Waals surface area contributed by atoms with Crippen molar-refractivity contribution in [3.05, 3.63) is 45.3 Å². The molecule has 0 amide bonds. The number of Topliss-reactive ketones (excluding diaryl/α,β-unsaturated/α-hetero) is 1. The van der Waals surface area contributed by atoms with E-state index in [4.69, 9.17) is 10.3 Å². The van der Waals surface area contributed by atoms with Gasteiger partial charge in [0.05, 0.1) is 11.7 Å². The van der Waals surface area contributed by atoms with E-state index in [-0.39, 0.29) is 35.4 Å². The third kappa shape index (κ3) is 5.45. The highest BCUT2D eigenvalue weighted by molar-refractivity contribution is 5.94. The van der Waals surface area contributed by atoms with Gasteiger partial charge in [0.2, 0.25) is 0 Å². The third-order valence-corrected chi connectivity index (χ3v) is 12.6. The average molecular weight is 564 g/mol.